The third-order valence-electron chi connectivity index (χ3n) is 4.13. The standard InChI is InChI=1S/C14H28O3Si/c1-10(2)13-12(15)8-11(17-13)9-16-18(6,7)14(3,4)5/h10-11,13H,8-9H2,1-7H3/t11-,13+/m0/s1. The second-order valence-corrected chi connectivity index (χ2v) is 12.0. The van der Waals surface area contributed by atoms with Crippen molar-refractivity contribution >= 4 is 14.1 Å². The average Bonchev–Trinajstić information content (AvgIpc) is 2.55. The van der Waals surface area contributed by atoms with Gasteiger partial charge in [-0.15, -0.1) is 0 Å². The molecule has 0 aromatic heterocycles. The van der Waals surface area contributed by atoms with E-state index in [0.717, 1.165) is 0 Å². The molecular weight excluding hydrogens is 244 g/mol. The molecule has 106 valence electrons. The predicted octanol–water partition coefficient (Wildman–Crippen LogP) is 3.39. The zero-order valence-electron chi connectivity index (χ0n) is 12.9. The van der Waals surface area contributed by atoms with Crippen LogP contribution in [-0.2, 0) is 14.0 Å². The largest absolute Gasteiger partial charge is 0.414 e. The van der Waals surface area contributed by atoms with Gasteiger partial charge in [-0.25, -0.2) is 0 Å². The van der Waals surface area contributed by atoms with Crippen molar-refractivity contribution in [2.75, 3.05) is 6.61 Å². The van der Waals surface area contributed by atoms with E-state index in [4.69, 9.17) is 9.16 Å². The molecule has 0 unspecified atom stereocenters. The number of ether oxygens (including phenoxy) is 1. The smallest absolute Gasteiger partial charge is 0.192 e. The topological polar surface area (TPSA) is 35.5 Å². The van der Waals surface area contributed by atoms with Gasteiger partial charge in [0.1, 0.15) is 6.10 Å². The van der Waals surface area contributed by atoms with Crippen LogP contribution in [-0.4, -0.2) is 32.9 Å². The lowest BCUT2D eigenvalue weighted by Gasteiger charge is -2.36. The van der Waals surface area contributed by atoms with Gasteiger partial charge in [0.2, 0.25) is 0 Å². The molecule has 0 aromatic rings. The van der Waals surface area contributed by atoms with Crippen molar-refractivity contribution in [3.05, 3.63) is 0 Å². The van der Waals surface area contributed by atoms with Crippen molar-refractivity contribution in [3.63, 3.8) is 0 Å². The van der Waals surface area contributed by atoms with Gasteiger partial charge in [-0.3, -0.25) is 4.79 Å². The van der Waals surface area contributed by atoms with Gasteiger partial charge in [0, 0.05) is 6.42 Å². The first-order valence-electron chi connectivity index (χ1n) is 6.87. The first-order chi connectivity index (χ1) is 8.04. The zero-order chi connectivity index (χ0) is 14.1. The molecule has 1 saturated heterocycles. The Morgan fingerprint density at radius 2 is 1.94 bits per heavy atom. The molecule has 18 heavy (non-hydrogen) atoms. The second kappa shape index (κ2) is 5.43. The number of ketones is 1. The van der Waals surface area contributed by atoms with Crippen LogP contribution in [0.2, 0.25) is 18.1 Å². The van der Waals surface area contributed by atoms with Gasteiger partial charge in [-0.1, -0.05) is 34.6 Å². The summed E-state index contributed by atoms with van der Waals surface area (Å²) in [7, 11) is -1.73. The van der Waals surface area contributed by atoms with E-state index >= 15 is 0 Å². The molecule has 0 amide bonds. The van der Waals surface area contributed by atoms with Crippen LogP contribution in [0.15, 0.2) is 0 Å². The van der Waals surface area contributed by atoms with Crippen LogP contribution in [0.1, 0.15) is 41.0 Å². The number of carbonyl (C=O) groups is 1. The Morgan fingerprint density at radius 3 is 2.33 bits per heavy atom. The van der Waals surface area contributed by atoms with Crippen LogP contribution >= 0.6 is 0 Å². The highest BCUT2D eigenvalue weighted by molar-refractivity contribution is 6.74. The van der Waals surface area contributed by atoms with E-state index in [9.17, 15) is 4.79 Å². The van der Waals surface area contributed by atoms with E-state index in [1.54, 1.807) is 0 Å². The van der Waals surface area contributed by atoms with Crippen LogP contribution < -0.4 is 0 Å². The third-order valence-corrected chi connectivity index (χ3v) is 8.63. The monoisotopic (exact) mass is 272 g/mol. The van der Waals surface area contributed by atoms with Crippen LogP contribution in [0.4, 0.5) is 0 Å². The maximum Gasteiger partial charge on any atom is 0.192 e. The SMILES string of the molecule is CC(C)[C@H]1O[C@H](CO[Si](C)(C)C(C)(C)C)CC1=O. The number of hydrogen-bond donors (Lipinski definition) is 0. The van der Waals surface area contributed by atoms with Gasteiger partial charge in [0.05, 0.1) is 12.7 Å². The summed E-state index contributed by atoms with van der Waals surface area (Å²) in [5.74, 6) is 0.490. The molecule has 4 heteroatoms. The Balaban J connectivity index is 2.50. The molecular formula is C14H28O3Si. The van der Waals surface area contributed by atoms with Gasteiger partial charge in [0.25, 0.3) is 0 Å². The third kappa shape index (κ3) is 3.65. The van der Waals surface area contributed by atoms with Crippen LogP contribution in [0.25, 0.3) is 0 Å². The molecule has 0 aromatic carbocycles. The molecule has 0 spiro atoms. The molecule has 1 fully saturated rings. The number of Topliss-reactive ketones (excluding diaryl/α,β-unsaturated/α-hetero) is 1. The van der Waals surface area contributed by atoms with Crippen molar-refractivity contribution in [2.24, 2.45) is 5.92 Å². The molecule has 0 bridgehead atoms. The number of rotatable bonds is 4. The molecule has 0 radical (unpaired) electrons. The highest BCUT2D eigenvalue weighted by Crippen LogP contribution is 2.37. The Hall–Kier alpha value is -0.193. The molecule has 0 N–H and O–H groups in total. The molecule has 1 aliphatic heterocycles. The lowest BCUT2D eigenvalue weighted by molar-refractivity contribution is -0.124. The highest BCUT2D eigenvalue weighted by Gasteiger charge is 2.40. The number of hydrogen-bond acceptors (Lipinski definition) is 3. The summed E-state index contributed by atoms with van der Waals surface area (Å²) in [6.07, 6.45) is 0.245. The normalized spacial score (nSPS) is 26.1. The van der Waals surface area contributed by atoms with E-state index in [-0.39, 0.29) is 28.9 Å². The summed E-state index contributed by atoms with van der Waals surface area (Å²) in [4.78, 5) is 11.8. The molecule has 0 aliphatic carbocycles. The Bertz CT molecular complexity index is 305. The molecule has 1 rings (SSSR count). The lowest BCUT2D eigenvalue weighted by atomic mass is 10.0. The first-order valence-corrected chi connectivity index (χ1v) is 9.77. The van der Waals surface area contributed by atoms with Crippen LogP contribution in [0, 0.1) is 5.92 Å². The maximum atomic E-state index is 11.8. The molecule has 0 saturated carbocycles. The van der Waals surface area contributed by atoms with Gasteiger partial charge >= 0.3 is 0 Å². The quantitative estimate of drug-likeness (QED) is 0.736. The van der Waals surface area contributed by atoms with E-state index in [1.165, 1.54) is 0 Å². The highest BCUT2D eigenvalue weighted by atomic mass is 28.4. The fourth-order valence-corrected chi connectivity index (χ4v) is 2.85. The minimum Gasteiger partial charge on any atom is -0.414 e. The Labute approximate surface area is 112 Å². The molecule has 1 heterocycles. The van der Waals surface area contributed by atoms with Crippen LogP contribution in [0.3, 0.4) is 0 Å². The first kappa shape index (κ1) is 15.9. The minimum atomic E-state index is -1.73. The van der Waals surface area contributed by atoms with Gasteiger partial charge < -0.3 is 9.16 Å². The van der Waals surface area contributed by atoms with E-state index in [0.29, 0.717) is 13.0 Å². The summed E-state index contributed by atoms with van der Waals surface area (Å²) in [6.45, 7) is 15.7. The second-order valence-electron chi connectivity index (χ2n) is 7.16. The maximum absolute atomic E-state index is 11.8. The molecule has 1 aliphatic rings. The Kier molecular flexibility index (Phi) is 4.79. The van der Waals surface area contributed by atoms with E-state index < -0.39 is 8.32 Å². The molecule has 2 atom stereocenters. The van der Waals surface area contributed by atoms with Crippen molar-refractivity contribution in [3.8, 4) is 0 Å². The van der Waals surface area contributed by atoms with Crippen molar-refractivity contribution in [1.29, 1.82) is 0 Å². The van der Waals surface area contributed by atoms with Crippen LogP contribution in [0.5, 0.6) is 0 Å². The van der Waals surface area contributed by atoms with E-state index in [1.807, 2.05) is 13.8 Å². The van der Waals surface area contributed by atoms with Gasteiger partial charge in [-0.05, 0) is 24.1 Å². The fraction of sp³-hybridized carbons (Fsp3) is 0.929. The zero-order valence-corrected chi connectivity index (χ0v) is 13.9. The lowest BCUT2D eigenvalue weighted by Crippen LogP contribution is -2.42. The number of carbonyl (C=O) groups excluding carboxylic acids is 1. The summed E-state index contributed by atoms with van der Waals surface area (Å²) < 4.78 is 11.9. The fourth-order valence-electron chi connectivity index (χ4n) is 1.82. The van der Waals surface area contributed by atoms with Crippen molar-refractivity contribution in [2.45, 2.75) is 71.4 Å². The van der Waals surface area contributed by atoms with E-state index in [2.05, 4.69) is 33.9 Å². The summed E-state index contributed by atoms with van der Waals surface area (Å²) in [6, 6.07) is 0. The van der Waals surface area contributed by atoms with Crippen molar-refractivity contribution in [1.82, 2.24) is 0 Å². The average molecular weight is 272 g/mol. The summed E-state index contributed by atoms with van der Waals surface area (Å²) >= 11 is 0. The minimum absolute atomic E-state index is 0.0426. The predicted molar refractivity (Wildman–Crippen MR) is 76.3 cm³/mol. The molecule has 3 nitrogen and oxygen atoms in total. The van der Waals surface area contributed by atoms with Gasteiger partial charge in [0.15, 0.2) is 14.1 Å². The van der Waals surface area contributed by atoms with Gasteiger partial charge in [-0.2, -0.15) is 0 Å². The summed E-state index contributed by atoms with van der Waals surface area (Å²) in [5.41, 5.74) is 0. The summed E-state index contributed by atoms with van der Waals surface area (Å²) in [5, 5.41) is 0.201. The van der Waals surface area contributed by atoms with Crippen molar-refractivity contribution < 1.29 is 14.0 Å². The Morgan fingerprint density at radius 1 is 1.39 bits per heavy atom.